The Labute approximate surface area is 94.7 Å². The summed E-state index contributed by atoms with van der Waals surface area (Å²) in [6, 6.07) is 4.03. The first kappa shape index (κ1) is 12.0. The summed E-state index contributed by atoms with van der Waals surface area (Å²) in [5, 5.41) is 6.53. The lowest BCUT2D eigenvalue weighted by atomic mass is 10.3. The monoisotopic (exact) mass is 232 g/mol. The topological polar surface area (TPSA) is 24.1 Å². The smallest absolute Gasteiger partial charge is 0.0931 e. The van der Waals surface area contributed by atoms with Gasteiger partial charge in [-0.05, 0) is 45.1 Å². The van der Waals surface area contributed by atoms with Crippen molar-refractivity contribution in [3.8, 4) is 0 Å². The van der Waals surface area contributed by atoms with Gasteiger partial charge in [-0.25, -0.2) is 0 Å². The highest BCUT2D eigenvalue weighted by Crippen LogP contribution is 2.20. The molecule has 14 heavy (non-hydrogen) atoms. The molecule has 0 aromatic carbocycles. The third-order valence-corrected chi connectivity index (χ3v) is 3.19. The summed E-state index contributed by atoms with van der Waals surface area (Å²) in [4.78, 5) is 1.31. The van der Waals surface area contributed by atoms with Gasteiger partial charge in [-0.3, -0.25) is 0 Å². The summed E-state index contributed by atoms with van der Waals surface area (Å²) in [6.07, 6.45) is 2.45. The SMILES string of the molecule is CNCCCCNCc1ccc(Cl)s1. The van der Waals surface area contributed by atoms with Crippen molar-refractivity contribution >= 4 is 22.9 Å². The van der Waals surface area contributed by atoms with E-state index >= 15 is 0 Å². The van der Waals surface area contributed by atoms with E-state index in [9.17, 15) is 0 Å². The Morgan fingerprint density at radius 1 is 1.29 bits per heavy atom. The van der Waals surface area contributed by atoms with Gasteiger partial charge in [0, 0.05) is 11.4 Å². The fraction of sp³-hybridized carbons (Fsp3) is 0.600. The molecule has 0 saturated carbocycles. The summed E-state index contributed by atoms with van der Waals surface area (Å²) >= 11 is 7.47. The first-order chi connectivity index (χ1) is 6.83. The molecular weight excluding hydrogens is 216 g/mol. The van der Waals surface area contributed by atoms with Crippen LogP contribution >= 0.6 is 22.9 Å². The number of hydrogen-bond acceptors (Lipinski definition) is 3. The Bertz CT molecular complexity index is 250. The number of rotatable bonds is 7. The zero-order valence-electron chi connectivity index (χ0n) is 8.48. The normalized spacial score (nSPS) is 10.7. The second-order valence-electron chi connectivity index (χ2n) is 3.19. The third kappa shape index (κ3) is 4.96. The molecule has 0 atom stereocenters. The van der Waals surface area contributed by atoms with Crippen LogP contribution in [0.1, 0.15) is 17.7 Å². The fourth-order valence-electron chi connectivity index (χ4n) is 1.21. The second-order valence-corrected chi connectivity index (χ2v) is 4.99. The molecule has 2 nitrogen and oxygen atoms in total. The molecule has 1 aromatic rings. The quantitative estimate of drug-likeness (QED) is 0.706. The molecule has 0 aliphatic rings. The van der Waals surface area contributed by atoms with Gasteiger partial charge in [0.2, 0.25) is 0 Å². The third-order valence-electron chi connectivity index (χ3n) is 1.96. The Morgan fingerprint density at radius 2 is 2.07 bits per heavy atom. The minimum absolute atomic E-state index is 0.872. The molecule has 0 amide bonds. The van der Waals surface area contributed by atoms with Crippen LogP contribution in [-0.2, 0) is 6.54 Å². The van der Waals surface area contributed by atoms with Gasteiger partial charge in [0.15, 0.2) is 0 Å². The van der Waals surface area contributed by atoms with Crippen LogP contribution < -0.4 is 10.6 Å². The van der Waals surface area contributed by atoms with Crippen molar-refractivity contribution < 1.29 is 0 Å². The highest BCUT2D eigenvalue weighted by atomic mass is 35.5. The van der Waals surface area contributed by atoms with E-state index in [1.54, 1.807) is 11.3 Å². The highest BCUT2D eigenvalue weighted by molar-refractivity contribution is 7.16. The van der Waals surface area contributed by atoms with Crippen LogP contribution in [0.4, 0.5) is 0 Å². The Balaban J connectivity index is 1.99. The van der Waals surface area contributed by atoms with Crippen LogP contribution in [0, 0.1) is 0 Å². The second kappa shape index (κ2) is 7.23. The van der Waals surface area contributed by atoms with E-state index < -0.39 is 0 Å². The molecule has 1 heterocycles. The molecule has 0 radical (unpaired) electrons. The van der Waals surface area contributed by atoms with Crippen molar-refractivity contribution in [3.63, 3.8) is 0 Å². The van der Waals surface area contributed by atoms with Crippen molar-refractivity contribution in [1.82, 2.24) is 10.6 Å². The van der Waals surface area contributed by atoms with Gasteiger partial charge in [0.05, 0.1) is 4.34 Å². The Morgan fingerprint density at radius 3 is 2.71 bits per heavy atom. The lowest BCUT2D eigenvalue weighted by Gasteiger charge is -2.02. The van der Waals surface area contributed by atoms with Crippen molar-refractivity contribution in [3.05, 3.63) is 21.3 Å². The fourth-order valence-corrected chi connectivity index (χ4v) is 2.27. The molecule has 4 heteroatoms. The summed E-state index contributed by atoms with van der Waals surface area (Å²) in [5.74, 6) is 0. The van der Waals surface area contributed by atoms with Crippen LogP contribution in [-0.4, -0.2) is 20.1 Å². The molecule has 0 fully saturated rings. The average Bonchev–Trinajstić information content (AvgIpc) is 2.58. The summed E-state index contributed by atoms with van der Waals surface area (Å²) in [5.41, 5.74) is 0. The predicted molar refractivity (Wildman–Crippen MR) is 64.2 cm³/mol. The maximum absolute atomic E-state index is 5.82. The minimum atomic E-state index is 0.872. The number of thiophene rings is 1. The van der Waals surface area contributed by atoms with Crippen LogP contribution in [0.2, 0.25) is 4.34 Å². The summed E-state index contributed by atoms with van der Waals surface area (Å²) < 4.78 is 0.872. The van der Waals surface area contributed by atoms with Crippen LogP contribution in [0.15, 0.2) is 12.1 Å². The van der Waals surface area contributed by atoms with E-state index in [0.29, 0.717) is 0 Å². The maximum atomic E-state index is 5.82. The van der Waals surface area contributed by atoms with Gasteiger partial charge in [-0.15, -0.1) is 11.3 Å². The lowest BCUT2D eigenvalue weighted by Crippen LogP contribution is -2.16. The molecule has 2 N–H and O–H groups in total. The molecule has 0 spiro atoms. The van der Waals surface area contributed by atoms with E-state index in [1.165, 1.54) is 17.7 Å². The zero-order valence-corrected chi connectivity index (χ0v) is 10.0. The number of nitrogens with one attached hydrogen (secondary N) is 2. The molecule has 0 saturated heterocycles. The zero-order chi connectivity index (χ0) is 10.2. The van der Waals surface area contributed by atoms with Gasteiger partial charge < -0.3 is 10.6 Å². The maximum Gasteiger partial charge on any atom is 0.0931 e. The highest BCUT2D eigenvalue weighted by Gasteiger charge is 1.96. The Kier molecular flexibility index (Phi) is 6.19. The van der Waals surface area contributed by atoms with Gasteiger partial charge in [-0.2, -0.15) is 0 Å². The lowest BCUT2D eigenvalue weighted by molar-refractivity contribution is 0.608. The predicted octanol–water partition coefficient (Wildman–Crippen LogP) is 2.49. The number of halogens is 1. The van der Waals surface area contributed by atoms with Crippen molar-refractivity contribution in [2.45, 2.75) is 19.4 Å². The largest absolute Gasteiger partial charge is 0.320 e. The van der Waals surface area contributed by atoms with Crippen molar-refractivity contribution in [2.24, 2.45) is 0 Å². The van der Waals surface area contributed by atoms with E-state index in [4.69, 9.17) is 11.6 Å². The molecular formula is C10H17ClN2S. The first-order valence-electron chi connectivity index (χ1n) is 4.92. The molecule has 80 valence electrons. The van der Waals surface area contributed by atoms with Gasteiger partial charge >= 0.3 is 0 Å². The van der Waals surface area contributed by atoms with E-state index in [0.717, 1.165) is 24.0 Å². The molecule has 0 unspecified atom stereocenters. The molecule has 0 bridgehead atoms. The number of unbranched alkanes of at least 4 members (excludes halogenated alkanes) is 1. The van der Waals surface area contributed by atoms with Crippen LogP contribution in [0.25, 0.3) is 0 Å². The Hall–Kier alpha value is -0.0900. The van der Waals surface area contributed by atoms with E-state index in [2.05, 4.69) is 16.7 Å². The van der Waals surface area contributed by atoms with Gasteiger partial charge in [-0.1, -0.05) is 11.6 Å². The van der Waals surface area contributed by atoms with Crippen LogP contribution in [0.3, 0.4) is 0 Å². The van der Waals surface area contributed by atoms with Crippen LogP contribution in [0.5, 0.6) is 0 Å². The number of hydrogen-bond donors (Lipinski definition) is 2. The molecule has 0 aliphatic carbocycles. The summed E-state index contributed by atoms with van der Waals surface area (Å²) in [6.45, 7) is 3.13. The average molecular weight is 233 g/mol. The van der Waals surface area contributed by atoms with Gasteiger partial charge in [0.25, 0.3) is 0 Å². The first-order valence-corrected chi connectivity index (χ1v) is 6.12. The molecule has 1 aromatic heterocycles. The van der Waals surface area contributed by atoms with E-state index in [-0.39, 0.29) is 0 Å². The van der Waals surface area contributed by atoms with E-state index in [1.807, 2.05) is 13.1 Å². The molecule has 1 rings (SSSR count). The standard InChI is InChI=1S/C10H17ClN2S/c1-12-6-2-3-7-13-8-9-4-5-10(11)14-9/h4-5,12-13H,2-3,6-8H2,1H3. The van der Waals surface area contributed by atoms with Gasteiger partial charge in [0.1, 0.15) is 0 Å². The minimum Gasteiger partial charge on any atom is -0.320 e. The molecule has 0 aliphatic heterocycles. The van der Waals surface area contributed by atoms with Crippen molar-refractivity contribution in [2.75, 3.05) is 20.1 Å². The summed E-state index contributed by atoms with van der Waals surface area (Å²) in [7, 11) is 1.99. The van der Waals surface area contributed by atoms with Crippen molar-refractivity contribution in [1.29, 1.82) is 0 Å².